The second-order valence-electron chi connectivity index (χ2n) is 4.42. The summed E-state index contributed by atoms with van der Waals surface area (Å²) in [6.07, 6.45) is 1.82. The van der Waals surface area contributed by atoms with Gasteiger partial charge in [0.05, 0.1) is 19.1 Å². The molecule has 8 heteroatoms. The molecule has 1 atom stereocenters. The second-order valence-corrected chi connectivity index (χ2v) is 4.81. The molecule has 2 N–H and O–H groups in total. The van der Waals surface area contributed by atoms with Crippen LogP contribution >= 0.6 is 12.2 Å². The van der Waals surface area contributed by atoms with Gasteiger partial charge < -0.3 is 9.84 Å². The van der Waals surface area contributed by atoms with Crippen molar-refractivity contribution >= 4 is 18.2 Å². The van der Waals surface area contributed by atoms with Crippen LogP contribution in [0.2, 0.25) is 0 Å². The third-order valence-electron chi connectivity index (χ3n) is 3.01. The zero-order valence-corrected chi connectivity index (χ0v) is 11.1. The van der Waals surface area contributed by atoms with Crippen LogP contribution in [0.15, 0.2) is 4.79 Å². The van der Waals surface area contributed by atoms with E-state index in [1.165, 1.54) is 4.57 Å². The first-order valence-electron chi connectivity index (χ1n) is 6.09. The van der Waals surface area contributed by atoms with Gasteiger partial charge in [0.25, 0.3) is 5.56 Å². The van der Waals surface area contributed by atoms with E-state index in [0.29, 0.717) is 13.2 Å². The summed E-state index contributed by atoms with van der Waals surface area (Å²) in [4.78, 5) is 22.7. The number of H-pyrrole nitrogens is 1. The molecule has 19 heavy (non-hydrogen) atoms. The minimum absolute atomic E-state index is 0.0116. The van der Waals surface area contributed by atoms with Crippen LogP contribution in [-0.2, 0) is 22.5 Å². The van der Waals surface area contributed by atoms with Gasteiger partial charge in [-0.25, -0.2) is 0 Å². The molecule has 1 saturated heterocycles. The molecule has 0 spiro atoms. The maximum absolute atomic E-state index is 12.2. The number of carboxylic acids is 1. The normalized spacial score (nSPS) is 18.6. The molecule has 1 fully saturated rings. The van der Waals surface area contributed by atoms with Crippen LogP contribution in [-0.4, -0.2) is 38.6 Å². The first kappa shape index (κ1) is 13.9. The number of hydrogen-bond acceptors (Lipinski definition) is 5. The number of aliphatic carboxylic acids is 1. The van der Waals surface area contributed by atoms with Gasteiger partial charge in [-0.05, 0) is 25.1 Å². The van der Waals surface area contributed by atoms with E-state index in [-0.39, 0.29) is 35.0 Å². The van der Waals surface area contributed by atoms with Crippen molar-refractivity contribution in [3.63, 3.8) is 0 Å². The minimum Gasteiger partial charge on any atom is -0.481 e. The highest BCUT2D eigenvalue weighted by Crippen LogP contribution is 2.13. The zero-order chi connectivity index (χ0) is 13.8. The number of aryl methyl sites for hydroxylation is 1. The smallest absolute Gasteiger partial charge is 0.303 e. The third-order valence-corrected chi connectivity index (χ3v) is 3.32. The van der Waals surface area contributed by atoms with Crippen LogP contribution in [0.3, 0.4) is 0 Å². The maximum atomic E-state index is 12.2. The molecule has 2 heterocycles. The average molecular weight is 285 g/mol. The van der Waals surface area contributed by atoms with Crippen molar-refractivity contribution in [3.05, 3.63) is 20.8 Å². The second kappa shape index (κ2) is 6.07. The highest BCUT2D eigenvalue weighted by atomic mass is 32.1. The number of hydrogen-bond donors (Lipinski definition) is 2. The summed E-state index contributed by atoms with van der Waals surface area (Å²) < 4.78 is 7.10. The summed E-state index contributed by atoms with van der Waals surface area (Å²) in [5.74, 6) is -0.964. The lowest BCUT2D eigenvalue weighted by Crippen LogP contribution is -2.31. The van der Waals surface area contributed by atoms with Crippen LogP contribution in [0.5, 0.6) is 0 Å². The van der Waals surface area contributed by atoms with Gasteiger partial charge in [-0.2, -0.15) is 5.10 Å². The highest BCUT2D eigenvalue weighted by Gasteiger charge is 2.18. The maximum Gasteiger partial charge on any atom is 0.303 e. The van der Waals surface area contributed by atoms with Crippen molar-refractivity contribution in [1.29, 1.82) is 0 Å². The molecule has 0 saturated carbocycles. The molecule has 1 aliphatic heterocycles. The molecule has 0 amide bonds. The Labute approximate surface area is 114 Å². The number of rotatable bonds is 5. The minimum atomic E-state index is -0.964. The lowest BCUT2D eigenvalue weighted by Gasteiger charge is -2.12. The summed E-state index contributed by atoms with van der Waals surface area (Å²) in [5.41, 5.74) is -0.144. The predicted octanol–water partition coefficient (Wildman–Crippen LogP) is 0.497. The molecular formula is C11H15N3O4S. The van der Waals surface area contributed by atoms with E-state index in [1.807, 2.05) is 0 Å². The van der Waals surface area contributed by atoms with Gasteiger partial charge in [-0.3, -0.25) is 19.3 Å². The van der Waals surface area contributed by atoms with E-state index < -0.39 is 5.97 Å². The van der Waals surface area contributed by atoms with Gasteiger partial charge in [-0.1, -0.05) is 0 Å². The summed E-state index contributed by atoms with van der Waals surface area (Å²) in [6.45, 7) is 1.09. The quantitative estimate of drug-likeness (QED) is 0.764. The Morgan fingerprint density at radius 1 is 1.63 bits per heavy atom. The van der Waals surface area contributed by atoms with E-state index in [1.54, 1.807) is 0 Å². The van der Waals surface area contributed by atoms with E-state index >= 15 is 0 Å². The number of carbonyl (C=O) groups is 1. The monoisotopic (exact) mass is 285 g/mol. The van der Waals surface area contributed by atoms with Gasteiger partial charge in [0.15, 0.2) is 4.77 Å². The van der Waals surface area contributed by atoms with E-state index in [9.17, 15) is 9.59 Å². The zero-order valence-electron chi connectivity index (χ0n) is 10.3. The Morgan fingerprint density at radius 2 is 2.42 bits per heavy atom. The summed E-state index contributed by atoms with van der Waals surface area (Å²) in [7, 11) is 0. The first-order chi connectivity index (χ1) is 9.08. The topological polar surface area (TPSA) is 97.2 Å². The molecule has 1 unspecified atom stereocenters. The molecule has 0 bridgehead atoms. The fraction of sp³-hybridized carbons (Fsp3) is 0.636. The number of aromatic nitrogens is 3. The highest BCUT2D eigenvalue weighted by molar-refractivity contribution is 7.71. The average Bonchev–Trinajstić information content (AvgIpc) is 2.86. The van der Waals surface area contributed by atoms with Crippen molar-refractivity contribution < 1.29 is 14.6 Å². The molecule has 0 radical (unpaired) electrons. The van der Waals surface area contributed by atoms with Gasteiger partial charge in [0.1, 0.15) is 5.69 Å². The van der Waals surface area contributed by atoms with Crippen molar-refractivity contribution in [2.45, 2.75) is 38.3 Å². The molecule has 1 aliphatic rings. The van der Waals surface area contributed by atoms with Crippen molar-refractivity contribution in [2.75, 3.05) is 6.61 Å². The molecule has 2 rings (SSSR count). The molecule has 104 valence electrons. The van der Waals surface area contributed by atoms with Crippen LogP contribution < -0.4 is 5.56 Å². The van der Waals surface area contributed by atoms with Gasteiger partial charge in [-0.15, -0.1) is 0 Å². The SMILES string of the molecule is O=C(O)CCc1n[nH]c(=S)n(CC2CCCO2)c1=O. The first-order valence-corrected chi connectivity index (χ1v) is 6.50. The van der Waals surface area contributed by atoms with E-state index in [2.05, 4.69) is 10.2 Å². The summed E-state index contributed by atoms with van der Waals surface area (Å²) in [6, 6.07) is 0. The van der Waals surface area contributed by atoms with Crippen LogP contribution in [0.4, 0.5) is 0 Å². The van der Waals surface area contributed by atoms with Crippen LogP contribution in [0.25, 0.3) is 0 Å². The Kier molecular flexibility index (Phi) is 4.43. The molecule has 0 aromatic carbocycles. The van der Waals surface area contributed by atoms with E-state index in [0.717, 1.165) is 12.8 Å². The number of carboxylic acid groups (broad SMARTS) is 1. The van der Waals surface area contributed by atoms with Crippen LogP contribution in [0.1, 0.15) is 25.0 Å². The fourth-order valence-corrected chi connectivity index (χ4v) is 2.22. The molecular weight excluding hydrogens is 270 g/mol. The van der Waals surface area contributed by atoms with Gasteiger partial charge in [0, 0.05) is 13.0 Å². The van der Waals surface area contributed by atoms with Crippen LogP contribution in [0, 0.1) is 4.77 Å². The lowest BCUT2D eigenvalue weighted by molar-refractivity contribution is -0.136. The van der Waals surface area contributed by atoms with Gasteiger partial charge >= 0.3 is 5.97 Å². The standard InChI is InChI=1S/C11H15N3O4S/c15-9(16)4-3-8-10(17)14(11(19)13-12-8)6-7-2-1-5-18-7/h7H,1-6H2,(H,13,19)(H,15,16). The number of ether oxygens (including phenoxy) is 1. The number of aromatic amines is 1. The molecule has 7 nitrogen and oxygen atoms in total. The number of nitrogens with zero attached hydrogens (tertiary/aromatic N) is 2. The number of nitrogens with one attached hydrogen (secondary N) is 1. The summed E-state index contributed by atoms with van der Waals surface area (Å²) >= 11 is 5.04. The third kappa shape index (κ3) is 3.48. The Bertz CT molecular complexity index is 574. The Morgan fingerprint density at radius 3 is 3.05 bits per heavy atom. The molecule has 1 aromatic rings. The van der Waals surface area contributed by atoms with Crippen molar-refractivity contribution in [2.24, 2.45) is 0 Å². The Balaban J connectivity index is 2.21. The van der Waals surface area contributed by atoms with Crippen molar-refractivity contribution in [3.8, 4) is 0 Å². The van der Waals surface area contributed by atoms with E-state index in [4.69, 9.17) is 22.1 Å². The Hall–Kier alpha value is -1.54. The summed E-state index contributed by atoms with van der Waals surface area (Å²) in [5, 5.41) is 15.0. The largest absolute Gasteiger partial charge is 0.481 e. The predicted molar refractivity (Wildman–Crippen MR) is 68.6 cm³/mol. The lowest BCUT2D eigenvalue weighted by atomic mass is 10.2. The molecule has 0 aliphatic carbocycles. The van der Waals surface area contributed by atoms with Crippen molar-refractivity contribution in [1.82, 2.24) is 14.8 Å². The molecule has 1 aromatic heterocycles. The fourth-order valence-electron chi connectivity index (χ4n) is 2.02. The van der Waals surface area contributed by atoms with Gasteiger partial charge in [0.2, 0.25) is 0 Å².